The minimum Gasteiger partial charge on any atom is -0.507 e. The third-order valence-corrected chi connectivity index (χ3v) is 3.29. The lowest BCUT2D eigenvalue weighted by molar-refractivity contribution is 0.0951. The van der Waals surface area contributed by atoms with E-state index < -0.39 is 0 Å². The van der Waals surface area contributed by atoms with E-state index >= 15 is 0 Å². The van der Waals surface area contributed by atoms with E-state index in [0.29, 0.717) is 17.4 Å². The van der Waals surface area contributed by atoms with Crippen LogP contribution in [0.25, 0.3) is 0 Å². The summed E-state index contributed by atoms with van der Waals surface area (Å²) in [7, 11) is 0. The van der Waals surface area contributed by atoms with Crippen LogP contribution in [0, 0.1) is 5.82 Å². The van der Waals surface area contributed by atoms with Gasteiger partial charge in [0.1, 0.15) is 11.6 Å². The molecule has 0 aliphatic carbocycles. The first-order valence-electron chi connectivity index (χ1n) is 6.07. The number of phenols is 1. The second-order valence-electron chi connectivity index (χ2n) is 4.30. The van der Waals surface area contributed by atoms with E-state index in [9.17, 15) is 14.3 Å². The summed E-state index contributed by atoms with van der Waals surface area (Å²) in [6.45, 7) is 0.373. The SMILES string of the molecule is O=C(NCCc1cccc(F)c1)c1ccc(Br)cc1O. The van der Waals surface area contributed by atoms with Gasteiger partial charge in [0.25, 0.3) is 5.91 Å². The zero-order valence-electron chi connectivity index (χ0n) is 10.6. The fourth-order valence-corrected chi connectivity index (χ4v) is 2.15. The quantitative estimate of drug-likeness (QED) is 0.899. The van der Waals surface area contributed by atoms with E-state index in [1.54, 1.807) is 18.2 Å². The molecular weight excluding hydrogens is 325 g/mol. The minimum atomic E-state index is -0.355. The highest BCUT2D eigenvalue weighted by atomic mass is 79.9. The number of benzene rings is 2. The van der Waals surface area contributed by atoms with Gasteiger partial charge >= 0.3 is 0 Å². The van der Waals surface area contributed by atoms with Gasteiger partial charge in [-0.25, -0.2) is 4.39 Å². The topological polar surface area (TPSA) is 49.3 Å². The first-order valence-corrected chi connectivity index (χ1v) is 6.87. The highest BCUT2D eigenvalue weighted by Crippen LogP contribution is 2.22. The Balaban J connectivity index is 1.92. The van der Waals surface area contributed by atoms with Gasteiger partial charge in [-0.1, -0.05) is 28.1 Å². The molecule has 0 atom stereocenters. The standard InChI is InChI=1S/C15H13BrFNO2/c16-11-4-5-13(14(19)9-11)15(20)18-7-6-10-2-1-3-12(17)8-10/h1-5,8-9,19H,6-7H2,(H,18,20). The molecule has 1 amide bonds. The Bertz CT molecular complexity index is 631. The Morgan fingerprint density at radius 1 is 1.25 bits per heavy atom. The summed E-state index contributed by atoms with van der Waals surface area (Å²) in [4.78, 5) is 11.9. The molecule has 2 aromatic carbocycles. The van der Waals surface area contributed by atoms with Gasteiger partial charge in [0.05, 0.1) is 5.56 Å². The van der Waals surface area contributed by atoms with Gasteiger partial charge in [0.2, 0.25) is 0 Å². The van der Waals surface area contributed by atoms with E-state index in [1.165, 1.54) is 24.3 Å². The Kier molecular flexibility index (Phi) is 4.74. The van der Waals surface area contributed by atoms with Gasteiger partial charge in [0, 0.05) is 11.0 Å². The number of rotatable bonds is 4. The average Bonchev–Trinajstić information content (AvgIpc) is 2.38. The summed E-state index contributed by atoms with van der Waals surface area (Å²) in [6, 6.07) is 10.9. The van der Waals surface area contributed by atoms with E-state index in [0.717, 1.165) is 5.56 Å². The van der Waals surface area contributed by atoms with Crippen molar-refractivity contribution in [2.24, 2.45) is 0 Å². The Labute approximate surface area is 124 Å². The summed E-state index contributed by atoms with van der Waals surface area (Å²) in [5, 5.41) is 12.4. The number of phenolic OH excluding ortho intramolecular Hbond substituents is 1. The van der Waals surface area contributed by atoms with Crippen molar-refractivity contribution < 1.29 is 14.3 Å². The van der Waals surface area contributed by atoms with Crippen LogP contribution in [0.2, 0.25) is 0 Å². The molecule has 2 N–H and O–H groups in total. The van der Waals surface area contributed by atoms with Gasteiger partial charge in [-0.2, -0.15) is 0 Å². The van der Waals surface area contributed by atoms with Crippen LogP contribution in [0.4, 0.5) is 4.39 Å². The minimum absolute atomic E-state index is 0.0809. The number of nitrogens with one attached hydrogen (secondary N) is 1. The maximum absolute atomic E-state index is 13.0. The molecule has 0 saturated heterocycles. The highest BCUT2D eigenvalue weighted by Gasteiger charge is 2.10. The van der Waals surface area contributed by atoms with Crippen LogP contribution in [0.1, 0.15) is 15.9 Å². The fourth-order valence-electron chi connectivity index (χ4n) is 1.80. The molecule has 0 aliphatic heterocycles. The molecule has 0 aromatic heterocycles. The summed E-state index contributed by atoms with van der Waals surface area (Å²) in [5.74, 6) is -0.728. The van der Waals surface area contributed by atoms with Crippen molar-refractivity contribution in [2.45, 2.75) is 6.42 Å². The van der Waals surface area contributed by atoms with Crippen molar-refractivity contribution in [3.63, 3.8) is 0 Å². The van der Waals surface area contributed by atoms with Crippen LogP contribution in [-0.4, -0.2) is 17.6 Å². The van der Waals surface area contributed by atoms with Crippen molar-refractivity contribution in [3.8, 4) is 5.75 Å². The number of hydrogen-bond donors (Lipinski definition) is 2. The predicted octanol–water partition coefficient (Wildman–Crippen LogP) is 3.27. The van der Waals surface area contributed by atoms with Crippen LogP contribution in [0.5, 0.6) is 5.75 Å². The monoisotopic (exact) mass is 337 g/mol. The first-order chi connectivity index (χ1) is 9.56. The Morgan fingerprint density at radius 3 is 2.75 bits per heavy atom. The number of hydrogen-bond acceptors (Lipinski definition) is 2. The largest absolute Gasteiger partial charge is 0.507 e. The van der Waals surface area contributed by atoms with Crippen molar-refractivity contribution >= 4 is 21.8 Å². The highest BCUT2D eigenvalue weighted by molar-refractivity contribution is 9.10. The molecule has 0 bridgehead atoms. The smallest absolute Gasteiger partial charge is 0.255 e. The third-order valence-electron chi connectivity index (χ3n) is 2.79. The van der Waals surface area contributed by atoms with E-state index in [2.05, 4.69) is 21.2 Å². The predicted molar refractivity (Wildman–Crippen MR) is 78.2 cm³/mol. The van der Waals surface area contributed by atoms with Crippen LogP contribution >= 0.6 is 15.9 Å². The fraction of sp³-hybridized carbons (Fsp3) is 0.133. The lowest BCUT2D eigenvalue weighted by Gasteiger charge is -2.07. The van der Waals surface area contributed by atoms with Crippen molar-refractivity contribution in [1.82, 2.24) is 5.32 Å². The molecule has 0 heterocycles. The molecule has 0 aliphatic rings. The zero-order chi connectivity index (χ0) is 14.5. The van der Waals surface area contributed by atoms with Crippen molar-refractivity contribution in [3.05, 3.63) is 63.9 Å². The van der Waals surface area contributed by atoms with Crippen molar-refractivity contribution in [1.29, 1.82) is 0 Å². The van der Waals surface area contributed by atoms with Gasteiger partial charge in [-0.15, -0.1) is 0 Å². The lowest BCUT2D eigenvalue weighted by atomic mass is 10.1. The Morgan fingerprint density at radius 2 is 2.05 bits per heavy atom. The van der Waals surface area contributed by atoms with Gasteiger partial charge in [-0.05, 0) is 42.3 Å². The number of halogens is 2. The average molecular weight is 338 g/mol. The molecule has 5 heteroatoms. The molecule has 3 nitrogen and oxygen atoms in total. The van der Waals surface area contributed by atoms with E-state index in [1.807, 2.05) is 0 Å². The molecule has 0 unspecified atom stereocenters. The van der Waals surface area contributed by atoms with Gasteiger partial charge in [0.15, 0.2) is 0 Å². The third kappa shape index (κ3) is 3.81. The van der Waals surface area contributed by atoms with Crippen LogP contribution < -0.4 is 5.32 Å². The molecule has 104 valence electrons. The van der Waals surface area contributed by atoms with Crippen LogP contribution in [-0.2, 0) is 6.42 Å². The number of amides is 1. The molecule has 0 saturated carbocycles. The second kappa shape index (κ2) is 6.52. The molecule has 2 aromatic rings. The normalized spacial score (nSPS) is 10.3. The molecule has 20 heavy (non-hydrogen) atoms. The lowest BCUT2D eigenvalue weighted by Crippen LogP contribution is -2.25. The second-order valence-corrected chi connectivity index (χ2v) is 5.21. The summed E-state index contributed by atoms with van der Waals surface area (Å²) >= 11 is 3.21. The molecule has 0 fully saturated rings. The maximum Gasteiger partial charge on any atom is 0.255 e. The zero-order valence-corrected chi connectivity index (χ0v) is 12.2. The number of aromatic hydroxyl groups is 1. The van der Waals surface area contributed by atoms with E-state index in [-0.39, 0.29) is 23.0 Å². The van der Waals surface area contributed by atoms with Gasteiger partial charge < -0.3 is 10.4 Å². The van der Waals surface area contributed by atoms with Crippen LogP contribution in [0.15, 0.2) is 46.9 Å². The first kappa shape index (κ1) is 14.5. The molecule has 0 radical (unpaired) electrons. The summed E-state index contributed by atoms with van der Waals surface area (Å²) in [6.07, 6.45) is 0.529. The summed E-state index contributed by atoms with van der Waals surface area (Å²) in [5.41, 5.74) is 1.03. The molecule has 0 spiro atoms. The van der Waals surface area contributed by atoms with E-state index in [4.69, 9.17) is 0 Å². The van der Waals surface area contributed by atoms with Gasteiger partial charge in [-0.3, -0.25) is 4.79 Å². The van der Waals surface area contributed by atoms with Crippen molar-refractivity contribution in [2.75, 3.05) is 6.54 Å². The maximum atomic E-state index is 13.0. The Hall–Kier alpha value is -1.88. The van der Waals surface area contributed by atoms with Crippen LogP contribution in [0.3, 0.4) is 0 Å². The number of carbonyl (C=O) groups excluding carboxylic acids is 1. The molecule has 2 rings (SSSR count). The summed E-state index contributed by atoms with van der Waals surface area (Å²) < 4.78 is 13.7. The number of carbonyl (C=O) groups is 1. The molecular formula is C15H13BrFNO2.